The molecule has 0 saturated heterocycles. The van der Waals surface area contributed by atoms with Crippen molar-refractivity contribution < 1.29 is 9.22 Å². The van der Waals surface area contributed by atoms with Gasteiger partial charge in [-0.3, -0.25) is 4.79 Å². The van der Waals surface area contributed by atoms with Gasteiger partial charge in [0.15, 0.2) is 14.1 Å². The van der Waals surface area contributed by atoms with Crippen LogP contribution >= 0.6 is 0 Å². The molecule has 0 heterocycles. The number of carbonyl (C=O) groups is 1. The summed E-state index contributed by atoms with van der Waals surface area (Å²) in [5.41, 5.74) is 1.03. The molecule has 1 aromatic rings. The lowest BCUT2D eigenvalue weighted by atomic mass is 10.1. The molecule has 0 aliphatic carbocycles. The van der Waals surface area contributed by atoms with E-state index in [2.05, 4.69) is 33.9 Å². The van der Waals surface area contributed by atoms with Crippen molar-refractivity contribution in [3.05, 3.63) is 42.0 Å². The van der Waals surface area contributed by atoms with Crippen molar-refractivity contribution in [1.29, 1.82) is 0 Å². The van der Waals surface area contributed by atoms with Crippen LogP contribution in [0.3, 0.4) is 0 Å². The van der Waals surface area contributed by atoms with E-state index in [1.807, 2.05) is 43.3 Å². The summed E-state index contributed by atoms with van der Waals surface area (Å²) in [7, 11) is -1.89. The number of hydrogen-bond donors (Lipinski definition) is 0. The summed E-state index contributed by atoms with van der Waals surface area (Å²) in [5.74, 6) is 0.0266. The molecule has 0 radical (unpaired) electrons. The Hall–Kier alpha value is -1.19. The van der Waals surface area contributed by atoms with E-state index in [1.54, 1.807) is 6.08 Å². The third-order valence-electron chi connectivity index (χ3n) is 3.92. The highest BCUT2D eigenvalue weighted by Crippen LogP contribution is 2.37. The fourth-order valence-corrected chi connectivity index (χ4v) is 2.91. The minimum atomic E-state index is -1.89. The van der Waals surface area contributed by atoms with Gasteiger partial charge < -0.3 is 4.43 Å². The fourth-order valence-electron chi connectivity index (χ4n) is 1.55. The van der Waals surface area contributed by atoms with E-state index in [1.165, 1.54) is 0 Å². The van der Waals surface area contributed by atoms with Crippen molar-refractivity contribution in [2.24, 2.45) is 0 Å². The second-order valence-corrected chi connectivity index (χ2v) is 11.4. The van der Waals surface area contributed by atoms with Crippen LogP contribution in [-0.2, 0) is 9.22 Å². The molecule has 1 atom stereocenters. The van der Waals surface area contributed by atoms with E-state index in [-0.39, 0.29) is 16.9 Å². The van der Waals surface area contributed by atoms with Crippen molar-refractivity contribution in [3.63, 3.8) is 0 Å². The van der Waals surface area contributed by atoms with Crippen molar-refractivity contribution in [1.82, 2.24) is 0 Å². The number of benzene rings is 1. The van der Waals surface area contributed by atoms with Crippen LogP contribution in [0.5, 0.6) is 0 Å². The number of ketones is 1. The molecule has 0 unspecified atom stereocenters. The number of hydrogen-bond acceptors (Lipinski definition) is 2. The first-order valence-electron chi connectivity index (χ1n) is 7.08. The number of carbonyl (C=O) groups excluding carboxylic acids is 1. The van der Waals surface area contributed by atoms with Gasteiger partial charge in [0.05, 0.1) is 0 Å². The maximum absolute atomic E-state index is 12.1. The van der Waals surface area contributed by atoms with E-state index in [4.69, 9.17) is 4.43 Å². The Kier molecular flexibility index (Phi) is 5.48. The van der Waals surface area contributed by atoms with Gasteiger partial charge in [0.2, 0.25) is 0 Å². The predicted octanol–water partition coefficient (Wildman–Crippen LogP) is 4.68. The minimum Gasteiger partial charge on any atom is -0.407 e. The Bertz CT molecular complexity index is 470. The summed E-state index contributed by atoms with van der Waals surface area (Å²) in [6, 6.07) is 9.83. The first kappa shape index (κ1) is 16.9. The van der Waals surface area contributed by atoms with Gasteiger partial charge in [0.25, 0.3) is 0 Å². The van der Waals surface area contributed by atoms with Crippen LogP contribution in [0.1, 0.15) is 33.3 Å². The van der Waals surface area contributed by atoms with Crippen molar-refractivity contribution in [2.75, 3.05) is 0 Å². The first-order chi connectivity index (χ1) is 9.13. The molecule has 0 spiro atoms. The van der Waals surface area contributed by atoms with Crippen LogP contribution in [-0.4, -0.2) is 20.2 Å². The minimum absolute atomic E-state index is 0.0266. The van der Waals surface area contributed by atoms with Crippen LogP contribution in [0.4, 0.5) is 0 Å². The number of rotatable bonds is 5. The normalized spacial score (nSPS) is 14.5. The molecule has 20 heavy (non-hydrogen) atoms. The molecular formula is C17H26O2Si. The van der Waals surface area contributed by atoms with E-state index in [0.29, 0.717) is 0 Å². The molecule has 0 bridgehead atoms. The largest absolute Gasteiger partial charge is 0.407 e. The lowest BCUT2D eigenvalue weighted by Gasteiger charge is -2.37. The van der Waals surface area contributed by atoms with Crippen LogP contribution < -0.4 is 0 Å². The van der Waals surface area contributed by atoms with E-state index in [9.17, 15) is 4.79 Å². The molecule has 0 aliphatic rings. The molecule has 1 aromatic carbocycles. The first-order valence-corrected chi connectivity index (χ1v) is 9.99. The van der Waals surface area contributed by atoms with Crippen molar-refractivity contribution >= 4 is 20.2 Å². The monoisotopic (exact) mass is 290 g/mol. The Morgan fingerprint density at radius 3 is 2.25 bits per heavy atom. The average Bonchev–Trinajstić information content (AvgIpc) is 2.35. The molecule has 1 rings (SSSR count). The quantitative estimate of drug-likeness (QED) is 0.581. The molecule has 3 heteroatoms. The van der Waals surface area contributed by atoms with Gasteiger partial charge in [-0.05, 0) is 36.7 Å². The summed E-state index contributed by atoms with van der Waals surface area (Å²) in [6.45, 7) is 12.7. The van der Waals surface area contributed by atoms with E-state index >= 15 is 0 Å². The summed E-state index contributed by atoms with van der Waals surface area (Å²) >= 11 is 0. The third-order valence-corrected chi connectivity index (χ3v) is 8.47. The van der Waals surface area contributed by atoms with Crippen LogP contribution in [0.2, 0.25) is 18.1 Å². The summed E-state index contributed by atoms with van der Waals surface area (Å²) in [6.07, 6.45) is 3.08. The van der Waals surface area contributed by atoms with Gasteiger partial charge in [0, 0.05) is 0 Å². The molecule has 0 amide bonds. The smallest absolute Gasteiger partial charge is 0.193 e. The van der Waals surface area contributed by atoms with Gasteiger partial charge in [-0.25, -0.2) is 0 Å². The third kappa shape index (κ3) is 4.73. The SMILES string of the molecule is C[C@H](O[Si](C)(C)C(C)(C)C)C(=O)/C=C/c1ccccc1. The average molecular weight is 290 g/mol. The molecular weight excluding hydrogens is 264 g/mol. The lowest BCUT2D eigenvalue weighted by molar-refractivity contribution is -0.120. The molecule has 0 fully saturated rings. The Morgan fingerprint density at radius 1 is 1.20 bits per heavy atom. The molecule has 0 saturated carbocycles. The Morgan fingerprint density at radius 2 is 1.75 bits per heavy atom. The Balaban J connectivity index is 2.67. The van der Waals surface area contributed by atoms with Crippen molar-refractivity contribution in [2.45, 2.75) is 51.9 Å². The van der Waals surface area contributed by atoms with Gasteiger partial charge in [-0.1, -0.05) is 57.2 Å². The summed E-state index contributed by atoms with van der Waals surface area (Å²) < 4.78 is 6.09. The lowest BCUT2D eigenvalue weighted by Crippen LogP contribution is -2.44. The Labute approximate surface area is 124 Å². The second-order valence-electron chi connectivity index (χ2n) is 6.67. The molecule has 2 nitrogen and oxygen atoms in total. The maximum Gasteiger partial charge on any atom is 0.193 e. The second kappa shape index (κ2) is 6.51. The van der Waals surface area contributed by atoms with Crippen molar-refractivity contribution in [3.8, 4) is 0 Å². The van der Waals surface area contributed by atoms with Crippen LogP contribution in [0.15, 0.2) is 36.4 Å². The van der Waals surface area contributed by atoms with Gasteiger partial charge in [-0.15, -0.1) is 0 Å². The highest BCUT2D eigenvalue weighted by Gasteiger charge is 2.39. The summed E-state index contributed by atoms with van der Waals surface area (Å²) in [5, 5.41) is 0.116. The van der Waals surface area contributed by atoms with Crippen LogP contribution in [0.25, 0.3) is 6.08 Å². The maximum atomic E-state index is 12.1. The van der Waals surface area contributed by atoms with E-state index < -0.39 is 8.32 Å². The zero-order valence-electron chi connectivity index (χ0n) is 13.4. The zero-order valence-corrected chi connectivity index (χ0v) is 14.4. The predicted molar refractivity (Wildman–Crippen MR) is 88.2 cm³/mol. The topological polar surface area (TPSA) is 26.3 Å². The molecule has 0 N–H and O–H groups in total. The fraction of sp³-hybridized carbons (Fsp3) is 0.471. The molecule has 0 aliphatic heterocycles. The standard InChI is InChI=1S/C17H26O2Si/c1-14(19-20(5,6)17(2,3)4)16(18)13-12-15-10-8-7-9-11-15/h7-14H,1-6H3/b13-12+/t14-/m0/s1. The van der Waals surface area contributed by atoms with Gasteiger partial charge in [-0.2, -0.15) is 0 Å². The highest BCUT2D eigenvalue weighted by atomic mass is 28.4. The molecule has 110 valence electrons. The van der Waals surface area contributed by atoms with E-state index in [0.717, 1.165) is 5.56 Å². The van der Waals surface area contributed by atoms with Crippen LogP contribution in [0, 0.1) is 0 Å². The summed E-state index contributed by atoms with van der Waals surface area (Å²) in [4.78, 5) is 12.1. The van der Waals surface area contributed by atoms with Gasteiger partial charge >= 0.3 is 0 Å². The highest BCUT2D eigenvalue weighted by molar-refractivity contribution is 6.74. The van der Waals surface area contributed by atoms with Gasteiger partial charge in [0.1, 0.15) is 6.10 Å². The zero-order chi connectivity index (χ0) is 15.4. The molecule has 0 aromatic heterocycles.